The first-order valence-corrected chi connectivity index (χ1v) is 11.3. The van der Waals surface area contributed by atoms with Crippen LogP contribution in [0, 0.1) is 0 Å². The fourth-order valence-electron chi connectivity index (χ4n) is 3.31. The molecule has 1 heterocycles. The van der Waals surface area contributed by atoms with Gasteiger partial charge in [0.1, 0.15) is 10.7 Å². The predicted molar refractivity (Wildman–Crippen MR) is 134 cm³/mol. The molecule has 1 aliphatic rings. The number of hydrogen-bond acceptors (Lipinski definition) is 5. The predicted octanol–water partition coefficient (Wildman–Crippen LogP) is 5.34. The Morgan fingerprint density at radius 3 is 2.18 bits per heavy atom. The highest BCUT2D eigenvalue weighted by molar-refractivity contribution is 9.10. The number of carbonyl (C=O) groups excluding carboxylic acids is 4. The highest BCUT2D eigenvalue weighted by Gasteiger charge is 2.38. The van der Waals surface area contributed by atoms with Crippen LogP contribution in [0.5, 0.6) is 0 Å². The van der Waals surface area contributed by atoms with Crippen LogP contribution in [0.4, 0.5) is 17.1 Å². The Bertz CT molecular complexity index is 1350. The van der Waals surface area contributed by atoms with Gasteiger partial charge >= 0.3 is 0 Å². The lowest BCUT2D eigenvalue weighted by atomic mass is 10.1. The number of halogens is 2. The van der Waals surface area contributed by atoms with E-state index in [1.807, 2.05) is 0 Å². The van der Waals surface area contributed by atoms with Crippen molar-refractivity contribution in [3.05, 3.63) is 99.1 Å². The van der Waals surface area contributed by atoms with Gasteiger partial charge in [0.2, 0.25) is 0 Å². The zero-order valence-electron chi connectivity index (χ0n) is 17.8. The first-order valence-electron chi connectivity index (χ1n) is 10.1. The molecule has 0 saturated heterocycles. The van der Waals surface area contributed by atoms with E-state index in [0.29, 0.717) is 28.2 Å². The van der Waals surface area contributed by atoms with Crippen LogP contribution in [-0.2, 0) is 9.59 Å². The van der Waals surface area contributed by atoms with Gasteiger partial charge in [-0.3, -0.25) is 19.2 Å². The standard InChI is InChI=1S/C25H17BrClN3O4/c1-14(31)15-5-9-18(10-6-15)29-23(32)16-3-2-4-19(13-16)28-22-21(27)24(33)30(25(22)34)20-11-7-17(26)8-12-20/h2-13,28H,1H3,(H,29,32). The summed E-state index contributed by atoms with van der Waals surface area (Å²) in [5, 5.41) is 5.38. The van der Waals surface area contributed by atoms with Crippen molar-refractivity contribution >= 4 is 68.1 Å². The Morgan fingerprint density at radius 2 is 1.53 bits per heavy atom. The molecule has 7 nitrogen and oxygen atoms in total. The minimum atomic E-state index is -0.639. The Balaban J connectivity index is 1.51. The maximum absolute atomic E-state index is 12.9. The number of nitrogens with zero attached hydrogens (tertiary/aromatic N) is 1. The van der Waals surface area contributed by atoms with E-state index in [2.05, 4.69) is 26.6 Å². The smallest absolute Gasteiger partial charge is 0.283 e. The van der Waals surface area contributed by atoms with Gasteiger partial charge in [0.05, 0.1) is 5.69 Å². The molecule has 9 heteroatoms. The van der Waals surface area contributed by atoms with Gasteiger partial charge in [-0.15, -0.1) is 0 Å². The van der Waals surface area contributed by atoms with Crippen LogP contribution in [0.2, 0.25) is 0 Å². The molecule has 0 spiro atoms. The highest BCUT2D eigenvalue weighted by atomic mass is 79.9. The van der Waals surface area contributed by atoms with E-state index < -0.39 is 11.8 Å². The summed E-state index contributed by atoms with van der Waals surface area (Å²) in [6, 6.07) is 19.6. The molecule has 0 unspecified atom stereocenters. The molecule has 0 saturated carbocycles. The highest BCUT2D eigenvalue weighted by Crippen LogP contribution is 2.31. The first kappa shape index (κ1) is 23.4. The molecule has 2 N–H and O–H groups in total. The van der Waals surface area contributed by atoms with Gasteiger partial charge < -0.3 is 10.6 Å². The minimum absolute atomic E-state index is 0.0664. The molecule has 4 rings (SSSR count). The third-order valence-electron chi connectivity index (χ3n) is 5.06. The van der Waals surface area contributed by atoms with Crippen molar-refractivity contribution in [2.75, 3.05) is 15.5 Å². The molecule has 3 amide bonds. The van der Waals surface area contributed by atoms with Gasteiger partial charge in [-0.1, -0.05) is 33.6 Å². The van der Waals surface area contributed by atoms with E-state index in [0.717, 1.165) is 9.37 Å². The molecule has 0 bridgehead atoms. The summed E-state index contributed by atoms with van der Waals surface area (Å²) in [5.41, 5.74) is 2.11. The molecule has 0 radical (unpaired) electrons. The van der Waals surface area contributed by atoms with Crippen LogP contribution in [0.1, 0.15) is 27.6 Å². The van der Waals surface area contributed by atoms with Gasteiger partial charge in [-0.2, -0.15) is 0 Å². The summed E-state index contributed by atoms with van der Waals surface area (Å²) in [6.07, 6.45) is 0. The number of hydrogen-bond donors (Lipinski definition) is 2. The molecule has 170 valence electrons. The molecule has 0 atom stereocenters. The lowest BCUT2D eigenvalue weighted by Crippen LogP contribution is -2.32. The quantitative estimate of drug-likeness (QED) is 0.326. The van der Waals surface area contributed by atoms with Gasteiger partial charge in [0.25, 0.3) is 17.7 Å². The second-order valence-electron chi connectivity index (χ2n) is 7.40. The monoisotopic (exact) mass is 537 g/mol. The first-order chi connectivity index (χ1) is 16.2. The largest absolute Gasteiger partial charge is 0.350 e. The molecule has 0 aliphatic carbocycles. The summed E-state index contributed by atoms with van der Waals surface area (Å²) in [4.78, 5) is 50.6. The summed E-state index contributed by atoms with van der Waals surface area (Å²) in [5.74, 6) is -1.69. The summed E-state index contributed by atoms with van der Waals surface area (Å²) >= 11 is 9.50. The second-order valence-corrected chi connectivity index (χ2v) is 8.70. The van der Waals surface area contributed by atoms with Crippen molar-refractivity contribution in [2.24, 2.45) is 0 Å². The number of amides is 3. The number of rotatable bonds is 6. The molecule has 1 aliphatic heterocycles. The van der Waals surface area contributed by atoms with Crippen molar-refractivity contribution in [1.82, 2.24) is 0 Å². The average molecular weight is 539 g/mol. The van der Waals surface area contributed by atoms with Crippen LogP contribution in [0.25, 0.3) is 0 Å². The van der Waals surface area contributed by atoms with Gasteiger partial charge in [-0.05, 0) is 73.7 Å². The normalized spacial score (nSPS) is 13.3. The Hall–Kier alpha value is -3.75. The Labute approximate surface area is 208 Å². The Kier molecular flexibility index (Phi) is 6.63. The topological polar surface area (TPSA) is 95.6 Å². The maximum Gasteiger partial charge on any atom is 0.283 e. The van der Waals surface area contributed by atoms with Gasteiger partial charge in [-0.25, -0.2) is 4.90 Å². The minimum Gasteiger partial charge on any atom is -0.350 e. The fraction of sp³-hybridized carbons (Fsp3) is 0.0400. The Morgan fingerprint density at radius 1 is 0.853 bits per heavy atom. The molecule has 3 aromatic rings. The number of benzene rings is 3. The van der Waals surface area contributed by atoms with Crippen molar-refractivity contribution in [2.45, 2.75) is 6.92 Å². The SMILES string of the molecule is CC(=O)c1ccc(NC(=O)c2cccc(NC3=C(Cl)C(=O)N(c4ccc(Br)cc4)C3=O)c2)cc1. The van der Waals surface area contributed by atoms with Crippen LogP contribution < -0.4 is 15.5 Å². The zero-order chi connectivity index (χ0) is 24.4. The maximum atomic E-state index is 12.9. The average Bonchev–Trinajstić information content (AvgIpc) is 3.03. The summed E-state index contributed by atoms with van der Waals surface area (Å²) in [7, 11) is 0. The van der Waals surface area contributed by atoms with Crippen LogP contribution in [-0.4, -0.2) is 23.5 Å². The summed E-state index contributed by atoms with van der Waals surface area (Å²) < 4.78 is 0.803. The molecular formula is C25H17BrClN3O4. The van der Waals surface area contributed by atoms with Crippen molar-refractivity contribution < 1.29 is 19.2 Å². The molecule has 0 fully saturated rings. The lowest BCUT2D eigenvalue weighted by Gasteiger charge is -2.15. The van der Waals surface area contributed by atoms with E-state index in [9.17, 15) is 19.2 Å². The number of nitrogens with one attached hydrogen (secondary N) is 2. The summed E-state index contributed by atoms with van der Waals surface area (Å²) in [6.45, 7) is 1.47. The van der Waals surface area contributed by atoms with E-state index in [4.69, 9.17) is 11.6 Å². The lowest BCUT2D eigenvalue weighted by molar-refractivity contribution is -0.120. The number of anilines is 3. The zero-order valence-corrected chi connectivity index (χ0v) is 20.1. The number of ketones is 1. The number of imide groups is 1. The van der Waals surface area contributed by atoms with Crippen LogP contribution in [0.3, 0.4) is 0 Å². The number of carbonyl (C=O) groups is 4. The van der Waals surface area contributed by atoms with E-state index in [1.165, 1.54) is 13.0 Å². The molecule has 3 aromatic carbocycles. The molecule has 34 heavy (non-hydrogen) atoms. The van der Waals surface area contributed by atoms with Crippen molar-refractivity contribution in [3.8, 4) is 0 Å². The van der Waals surface area contributed by atoms with Gasteiger partial charge in [0, 0.05) is 27.0 Å². The second kappa shape index (κ2) is 9.62. The van der Waals surface area contributed by atoms with Crippen molar-refractivity contribution in [1.29, 1.82) is 0 Å². The number of Topliss-reactive ketones (excluding diaryl/α,β-unsaturated/α-hetero) is 1. The third kappa shape index (κ3) is 4.78. The van der Waals surface area contributed by atoms with Crippen LogP contribution in [0.15, 0.2) is 88.0 Å². The van der Waals surface area contributed by atoms with E-state index in [1.54, 1.807) is 66.7 Å². The van der Waals surface area contributed by atoms with Crippen molar-refractivity contribution in [3.63, 3.8) is 0 Å². The molecular weight excluding hydrogens is 522 g/mol. The third-order valence-corrected chi connectivity index (χ3v) is 5.93. The van der Waals surface area contributed by atoms with E-state index >= 15 is 0 Å². The van der Waals surface area contributed by atoms with E-state index in [-0.39, 0.29) is 22.4 Å². The van der Waals surface area contributed by atoms with Gasteiger partial charge in [0.15, 0.2) is 5.78 Å². The fourth-order valence-corrected chi connectivity index (χ4v) is 3.79. The van der Waals surface area contributed by atoms with Crippen LogP contribution >= 0.6 is 27.5 Å². The molecule has 0 aromatic heterocycles.